The van der Waals surface area contributed by atoms with Crippen LogP contribution in [0.3, 0.4) is 0 Å². The van der Waals surface area contributed by atoms with Gasteiger partial charge in [0, 0.05) is 12.1 Å². The van der Waals surface area contributed by atoms with Crippen LogP contribution in [0.4, 0.5) is 0 Å². The van der Waals surface area contributed by atoms with E-state index in [0.29, 0.717) is 42.6 Å². The Balaban J connectivity index is 2.89. The fraction of sp³-hybridized carbons (Fsp3) is 0.848. The lowest BCUT2D eigenvalue weighted by Crippen LogP contribution is -2.26. The van der Waals surface area contributed by atoms with Crippen molar-refractivity contribution in [2.75, 3.05) is 32.1 Å². The summed E-state index contributed by atoms with van der Waals surface area (Å²) in [5, 5.41) is 2.79. The molecule has 0 atom stereocenters. The van der Waals surface area contributed by atoms with Crippen molar-refractivity contribution in [3.05, 3.63) is 17.7 Å². The van der Waals surface area contributed by atoms with E-state index < -0.39 is 15.9 Å². The lowest BCUT2D eigenvalue weighted by molar-refractivity contribution is 0.0952. The number of hydrogen-bond donors (Lipinski definition) is 2. The summed E-state index contributed by atoms with van der Waals surface area (Å²) < 4.78 is 50.6. The van der Waals surface area contributed by atoms with E-state index in [-0.39, 0.29) is 18.9 Å². The van der Waals surface area contributed by atoms with Crippen LogP contribution in [-0.2, 0) is 10.1 Å². The summed E-state index contributed by atoms with van der Waals surface area (Å²) in [6.45, 7) is 8.51. The van der Waals surface area contributed by atoms with Gasteiger partial charge in [0.1, 0.15) is 0 Å². The number of nitrogens with one attached hydrogen (secondary N) is 1. The van der Waals surface area contributed by atoms with Crippen molar-refractivity contribution in [2.24, 2.45) is 0 Å². The number of unbranched alkanes of at least 4 members (excludes halogenated alkanes) is 27. The zero-order valence-electron chi connectivity index (χ0n) is 35.9. The fourth-order valence-corrected chi connectivity index (χ4v) is 7.44. The Morgan fingerprint density at radius 1 is 0.491 bits per heavy atom. The Labute approximate surface area is 339 Å². The number of benzene rings is 1. The summed E-state index contributed by atoms with van der Waals surface area (Å²) >= 11 is 0. The highest BCUT2D eigenvalue weighted by atomic mass is 32.2. The molecule has 55 heavy (non-hydrogen) atoms. The Kier molecular flexibility index (Phi) is 33.7. The maximum atomic E-state index is 13.3. The number of hydrogen-bond acceptors (Lipinski definition) is 6. The molecule has 1 amide bonds. The highest BCUT2D eigenvalue weighted by molar-refractivity contribution is 7.85. The molecule has 0 fully saturated rings. The summed E-state index contributed by atoms with van der Waals surface area (Å²) in [7, 11) is -4.09. The average Bonchev–Trinajstić information content (AvgIpc) is 3.16. The molecule has 0 aliphatic carbocycles. The van der Waals surface area contributed by atoms with E-state index in [1.807, 2.05) is 0 Å². The van der Waals surface area contributed by atoms with E-state index >= 15 is 0 Å². The van der Waals surface area contributed by atoms with Gasteiger partial charge in [0.25, 0.3) is 16.0 Å². The van der Waals surface area contributed by atoms with Gasteiger partial charge < -0.3 is 19.5 Å². The number of amides is 1. The van der Waals surface area contributed by atoms with E-state index in [1.165, 1.54) is 154 Å². The van der Waals surface area contributed by atoms with Gasteiger partial charge in [0.15, 0.2) is 11.5 Å². The van der Waals surface area contributed by atoms with Gasteiger partial charge in [-0.1, -0.05) is 194 Å². The van der Waals surface area contributed by atoms with Gasteiger partial charge in [-0.25, -0.2) is 0 Å². The largest absolute Gasteiger partial charge is 0.490 e. The first-order chi connectivity index (χ1) is 26.8. The lowest BCUT2D eigenvalue weighted by Gasteiger charge is -2.19. The monoisotopic (exact) mass is 796 g/mol. The van der Waals surface area contributed by atoms with Crippen LogP contribution in [0.5, 0.6) is 17.2 Å². The van der Waals surface area contributed by atoms with Crippen molar-refractivity contribution in [2.45, 2.75) is 220 Å². The number of carbonyl (C=O) groups excluding carboxylic acids is 1. The zero-order chi connectivity index (χ0) is 40.1. The third kappa shape index (κ3) is 30.8. The Morgan fingerprint density at radius 3 is 1.13 bits per heavy atom. The number of ether oxygens (including phenoxy) is 3. The molecule has 1 rings (SSSR count). The minimum Gasteiger partial charge on any atom is -0.490 e. The second kappa shape index (κ2) is 36.3. The molecule has 0 unspecified atom stereocenters. The third-order valence-electron chi connectivity index (χ3n) is 10.4. The molecule has 0 aliphatic heterocycles. The molecule has 0 aromatic heterocycles. The summed E-state index contributed by atoms with van der Waals surface area (Å²) in [4.78, 5) is 13.3. The summed E-state index contributed by atoms with van der Waals surface area (Å²) in [6, 6.07) is 3.46. The van der Waals surface area contributed by atoms with Crippen molar-refractivity contribution in [1.29, 1.82) is 0 Å². The molecule has 1 aromatic carbocycles. The predicted octanol–water partition coefficient (Wildman–Crippen LogP) is 13.6. The average molecular weight is 796 g/mol. The van der Waals surface area contributed by atoms with Crippen LogP contribution < -0.4 is 19.5 Å². The second-order valence-corrected chi connectivity index (χ2v) is 17.4. The van der Waals surface area contributed by atoms with Gasteiger partial charge in [-0.15, -0.1) is 0 Å². The normalized spacial score (nSPS) is 11.6. The standard InChI is InChI=1S/C46H85NO7S/c1-4-7-10-13-16-19-22-25-28-31-36-52-43-40-42(46(48)47-35-34-39-55(49,50)51)41-44(53-37-32-29-26-23-20-17-14-11-8-5-2)45(43)54-38-33-30-27-24-21-18-15-12-9-6-3/h40-41H,4-39H2,1-3H3,(H,47,48)(H,49,50,51). The smallest absolute Gasteiger partial charge is 0.264 e. The molecule has 0 radical (unpaired) electrons. The molecule has 0 heterocycles. The summed E-state index contributed by atoms with van der Waals surface area (Å²) in [5.74, 6) is 0.861. The van der Waals surface area contributed by atoms with Crippen molar-refractivity contribution in [3.63, 3.8) is 0 Å². The first-order valence-corrected chi connectivity index (χ1v) is 24.7. The molecule has 2 N–H and O–H groups in total. The molecule has 9 heteroatoms. The topological polar surface area (TPSA) is 111 Å². The fourth-order valence-electron chi connectivity index (χ4n) is 6.93. The van der Waals surface area contributed by atoms with E-state index in [2.05, 4.69) is 26.1 Å². The molecular weight excluding hydrogens is 711 g/mol. The molecule has 0 aliphatic rings. The van der Waals surface area contributed by atoms with E-state index in [9.17, 15) is 13.2 Å². The van der Waals surface area contributed by atoms with Crippen LogP contribution in [0.1, 0.15) is 230 Å². The van der Waals surface area contributed by atoms with Gasteiger partial charge in [0.2, 0.25) is 5.75 Å². The molecule has 0 bridgehead atoms. The molecule has 8 nitrogen and oxygen atoms in total. The zero-order valence-corrected chi connectivity index (χ0v) is 36.7. The number of rotatable bonds is 41. The van der Waals surface area contributed by atoms with Gasteiger partial charge in [0.05, 0.1) is 25.6 Å². The van der Waals surface area contributed by atoms with Crippen molar-refractivity contribution >= 4 is 16.0 Å². The molecular formula is C46H85NO7S. The van der Waals surface area contributed by atoms with Crippen LogP contribution >= 0.6 is 0 Å². The SMILES string of the molecule is CCCCCCCCCCCCOc1cc(C(=O)NCCCS(=O)(=O)O)cc(OCCCCCCCCCCCC)c1OCCCCCCCCCCCC. The lowest BCUT2D eigenvalue weighted by atomic mass is 10.1. The minimum absolute atomic E-state index is 0.120. The maximum absolute atomic E-state index is 13.3. The first-order valence-electron chi connectivity index (χ1n) is 23.1. The Morgan fingerprint density at radius 2 is 0.800 bits per heavy atom. The quantitative estimate of drug-likeness (QED) is 0.0501. The summed E-state index contributed by atoms with van der Waals surface area (Å²) in [5.41, 5.74) is 0.384. The van der Waals surface area contributed by atoms with Gasteiger partial charge in [-0.05, 0) is 37.8 Å². The highest BCUT2D eigenvalue weighted by Gasteiger charge is 2.19. The molecule has 0 saturated carbocycles. The highest BCUT2D eigenvalue weighted by Crippen LogP contribution is 2.40. The molecule has 0 saturated heterocycles. The second-order valence-electron chi connectivity index (χ2n) is 15.8. The van der Waals surface area contributed by atoms with Crippen molar-refractivity contribution in [1.82, 2.24) is 5.32 Å². The number of carbonyl (C=O) groups is 1. The first kappa shape index (κ1) is 51.0. The molecule has 1 aromatic rings. The molecule has 322 valence electrons. The van der Waals surface area contributed by atoms with Crippen LogP contribution in [0.2, 0.25) is 0 Å². The van der Waals surface area contributed by atoms with E-state index in [1.54, 1.807) is 12.1 Å². The van der Waals surface area contributed by atoms with Crippen molar-refractivity contribution < 1.29 is 32.0 Å². The Hall–Kier alpha value is -2.00. The molecule has 0 spiro atoms. The Bertz CT molecular complexity index is 1100. The third-order valence-corrected chi connectivity index (χ3v) is 11.2. The predicted molar refractivity (Wildman–Crippen MR) is 232 cm³/mol. The van der Waals surface area contributed by atoms with Gasteiger partial charge in [-0.2, -0.15) is 8.42 Å². The van der Waals surface area contributed by atoms with E-state index in [4.69, 9.17) is 18.8 Å². The maximum Gasteiger partial charge on any atom is 0.264 e. The minimum atomic E-state index is -4.09. The van der Waals surface area contributed by atoms with Gasteiger partial charge >= 0.3 is 0 Å². The van der Waals surface area contributed by atoms with Crippen LogP contribution in [0.25, 0.3) is 0 Å². The van der Waals surface area contributed by atoms with Crippen molar-refractivity contribution in [3.8, 4) is 17.2 Å². The van der Waals surface area contributed by atoms with Crippen LogP contribution in [0, 0.1) is 0 Å². The van der Waals surface area contributed by atoms with E-state index in [0.717, 1.165) is 38.5 Å². The van der Waals surface area contributed by atoms with Crippen LogP contribution in [0.15, 0.2) is 12.1 Å². The summed E-state index contributed by atoms with van der Waals surface area (Å²) in [6.07, 6.45) is 37.4. The van der Waals surface area contributed by atoms with Crippen LogP contribution in [-0.4, -0.2) is 51.0 Å². The van der Waals surface area contributed by atoms with Gasteiger partial charge in [-0.3, -0.25) is 9.35 Å².